The Morgan fingerprint density at radius 3 is 2.54 bits per heavy atom. The van der Waals surface area contributed by atoms with Crippen molar-refractivity contribution in [3.05, 3.63) is 28.8 Å². The number of halogens is 1. The van der Waals surface area contributed by atoms with E-state index < -0.39 is 15.4 Å². The maximum absolute atomic E-state index is 12.5. The van der Waals surface area contributed by atoms with Crippen molar-refractivity contribution in [1.29, 1.82) is 0 Å². The number of rotatable bonds is 5. The molecule has 1 aromatic carbocycles. The molecule has 134 valence electrons. The van der Waals surface area contributed by atoms with Crippen LogP contribution in [0.3, 0.4) is 0 Å². The highest BCUT2D eigenvalue weighted by atomic mass is 35.5. The molecule has 1 aromatic rings. The van der Waals surface area contributed by atoms with E-state index in [1.165, 1.54) is 6.07 Å². The van der Waals surface area contributed by atoms with Crippen LogP contribution in [0, 0.1) is 12.3 Å². The normalized spacial score (nSPS) is 24.6. The van der Waals surface area contributed by atoms with Gasteiger partial charge in [-0.25, -0.2) is 13.1 Å². The molecular weight excluding hydrogens is 350 g/mol. The van der Waals surface area contributed by atoms with Gasteiger partial charge in [0.2, 0.25) is 10.0 Å². The summed E-state index contributed by atoms with van der Waals surface area (Å²) in [6, 6.07) is 4.52. The van der Waals surface area contributed by atoms with Crippen molar-refractivity contribution in [3.63, 3.8) is 0 Å². The molecule has 2 rings (SSSR count). The lowest BCUT2D eigenvalue weighted by atomic mass is 9.74. The Hall–Kier alpha value is -1.11. The second-order valence-electron chi connectivity index (χ2n) is 6.59. The number of sulfonamides is 1. The third kappa shape index (κ3) is 4.29. The Kier molecular flexibility index (Phi) is 5.94. The Labute approximate surface area is 148 Å². The molecule has 0 unspecified atom stereocenters. The highest BCUT2D eigenvalue weighted by Gasteiger charge is 2.39. The van der Waals surface area contributed by atoms with Crippen molar-refractivity contribution in [3.8, 4) is 0 Å². The summed E-state index contributed by atoms with van der Waals surface area (Å²) in [5.41, 5.74) is 0.309. The minimum atomic E-state index is -3.62. The number of esters is 1. The first-order chi connectivity index (χ1) is 11.2. The van der Waals surface area contributed by atoms with Crippen molar-refractivity contribution in [1.82, 2.24) is 4.72 Å². The molecule has 1 aliphatic carbocycles. The number of carbonyl (C=O) groups is 1. The van der Waals surface area contributed by atoms with Gasteiger partial charge >= 0.3 is 5.97 Å². The van der Waals surface area contributed by atoms with Crippen molar-refractivity contribution in [2.24, 2.45) is 5.41 Å². The predicted molar refractivity (Wildman–Crippen MR) is 93.5 cm³/mol. The van der Waals surface area contributed by atoms with E-state index in [1.807, 2.05) is 13.8 Å². The topological polar surface area (TPSA) is 72.5 Å². The van der Waals surface area contributed by atoms with Crippen LogP contribution in [0.15, 0.2) is 23.1 Å². The molecule has 0 atom stereocenters. The zero-order valence-electron chi connectivity index (χ0n) is 14.3. The quantitative estimate of drug-likeness (QED) is 0.802. The number of hydrogen-bond donors (Lipinski definition) is 1. The first-order valence-corrected chi connectivity index (χ1v) is 10.00. The number of nitrogens with one attached hydrogen (secondary N) is 1. The molecule has 1 N–H and O–H groups in total. The molecule has 0 spiro atoms. The lowest BCUT2D eigenvalue weighted by molar-refractivity contribution is -0.156. The molecule has 0 saturated heterocycles. The Balaban J connectivity index is 2.02. The maximum Gasteiger partial charge on any atom is 0.311 e. The van der Waals surface area contributed by atoms with Gasteiger partial charge in [-0.3, -0.25) is 4.79 Å². The summed E-state index contributed by atoms with van der Waals surface area (Å²) in [6.45, 7) is 5.85. The van der Waals surface area contributed by atoms with E-state index in [2.05, 4.69) is 4.72 Å². The average Bonchev–Trinajstić information content (AvgIpc) is 2.52. The van der Waals surface area contributed by atoms with Gasteiger partial charge in [-0.15, -0.1) is 0 Å². The lowest BCUT2D eigenvalue weighted by Gasteiger charge is -2.35. The van der Waals surface area contributed by atoms with E-state index in [1.54, 1.807) is 19.1 Å². The minimum absolute atomic E-state index is 0.164. The first kappa shape index (κ1) is 19.2. The summed E-state index contributed by atoms with van der Waals surface area (Å²) in [5.74, 6) is -0.198. The van der Waals surface area contributed by atoms with Crippen molar-refractivity contribution in [2.45, 2.75) is 57.4 Å². The fourth-order valence-corrected chi connectivity index (χ4v) is 4.49. The summed E-state index contributed by atoms with van der Waals surface area (Å²) in [4.78, 5) is 12.2. The summed E-state index contributed by atoms with van der Waals surface area (Å²) in [6.07, 6.45) is 2.42. The molecule has 0 aromatic heterocycles. The highest BCUT2D eigenvalue weighted by Crippen LogP contribution is 2.37. The van der Waals surface area contributed by atoms with Crippen LogP contribution >= 0.6 is 11.6 Å². The van der Waals surface area contributed by atoms with Crippen LogP contribution in [0.1, 0.15) is 45.1 Å². The van der Waals surface area contributed by atoms with E-state index in [-0.39, 0.29) is 16.9 Å². The van der Waals surface area contributed by atoms with Crippen LogP contribution in [0.25, 0.3) is 0 Å². The fourth-order valence-electron chi connectivity index (χ4n) is 2.91. The van der Waals surface area contributed by atoms with Crippen LogP contribution in [-0.4, -0.2) is 27.0 Å². The van der Waals surface area contributed by atoms with E-state index >= 15 is 0 Å². The van der Waals surface area contributed by atoms with Gasteiger partial charge in [0.25, 0.3) is 0 Å². The lowest BCUT2D eigenvalue weighted by Crippen LogP contribution is -2.42. The second kappa shape index (κ2) is 7.42. The predicted octanol–water partition coefficient (Wildman–Crippen LogP) is 3.44. The van der Waals surface area contributed by atoms with Gasteiger partial charge in [0.05, 0.1) is 16.9 Å². The van der Waals surface area contributed by atoms with Crippen molar-refractivity contribution < 1.29 is 17.9 Å². The van der Waals surface area contributed by atoms with Crippen molar-refractivity contribution >= 4 is 27.6 Å². The number of hydrogen-bond acceptors (Lipinski definition) is 4. The molecule has 0 aliphatic heterocycles. The molecule has 0 bridgehead atoms. The zero-order chi connectivity index (χ0) is 18.0. The number of carbonyl (C=O) groups excluding carboxylic acids is 1. The average molecular weight is 374 g/mol. The molecule has 1 saturated carbocycles. The molecule has 0 radical (unpaired) electrons. The minimum Gasteiger partial charge on any atom is -0.466 e. The zero-order valence-corrected chi connectivity index (χ0v) is 15.8. The van der Waals surface area contributed by atoms with Gasteiger partial charge in [-0.2, -0.15) is 0 Å². The van der Waals surface area contributed by atoms with Gasteiger partial charge < -0.3 is 4.74 Å². The molecule has 1 aliphatic rings. The third-order valence-corrected chi connectivity index (χ3v) is 6.56. The van der Waals surface area contributed by atoms with E-state index in [4.69, 9.17) is 16.3 Å². The summed E-state index contributed by atoms with van der Waals surface area (Å²) in [7, 11) is -3.62. The van der Waals surface area contributed by atoms with Crippen LogP contribution < -0.4 is 4.72 Å². The van der Waals surface area contributed by atoms with Gasteiger partial charge in [0, 0.05) is 11.1 Å². The van der Waals surface area contributed by atoms with Gasteiger partial charge in [0.15, 0.2) is 0 Å². The number of ether oxygens (including phenoxy) is 1. The molecule has 0 heterocycles. The van der Waals surface area contributed by atoms with Gasteiger partial charge in [-0.05, 0) is 64.2 Å². The van der Waals surface area contributed by atoms with Gasteiger partial charge in [0.1, 0.15) is 0 Å². The summed E-state index contributed by atoms with van der Waals surface area (Å²) < 4.78 is 32.9. The largest absolute Gasteiger partial charge is 0.466 e. The molecule has 7 heteroatoms. The van der Waals surface area contributed by atoms with Crippen LogP contribution in [0.2, 0.25) is 5.02 Å². The molecule has 1 fully saturated rings. The van der Waals surface area contributed by atoms with Crippen LogP contribution in [0.4, 0.5) is 0 Å². The summed E-state index contributed by atoms with van der Waals surface area (Å²) >= 11 is 6.02. The Bertz CT molecular complexity index is 709. The van der Waals surface area contributed by atoms with Crippen molar-refractivity contribution in [2.75, 3.05) is 6.61 Å². The second-order valence-corrected chi connectivity index (χ2v) is 8.71. The third-order valence-electron chi connectivity index (χ3n) is 4.63. The Morgan fingerprint density at radius 1 is 1.38 bits per heavy atom. The number of benzene rings is 1. The smallest absolute Gasteiger partial charge is 0.311 e. The standard InChI is InChI=1S/C17H24ClNO4S/c1-4-23-16(20)17(3)9-7-13(8-10-17)19-24(21,22)14-6-5-12(2)15(18)11-14/h5-6,11,13,19H,4,7-10H2,1-3H3. The number of aryl methyl sites for hydroxylation is 1. The molecule has 5 nitrogen and oxygen atoms in total. The van der Waals surface area contributed by atoms with E-state index in [9.17, 15) is 13.2 Å². The highest BCUT2D eigenvalue weighted by molar-refractivity contribution is 7.89. The summed E-state index contributed by atoms with van der Waals surface area (Å²) in [5, 5.41) is 0.427. The van der Waals surface area contributed by atoms with E-state index in [0.717, 1.165) is 5.56 Å². The Morgan fingerprint density at radius 2 is 2.00 bits per heavy atom. The monoisotopic (exact) mass is 373 g/mol. The fraction of sp³-hybridized carbons (Fsp3) is 0.588. The first-order valence-electron chi connectivity index (χ1n) is 8.13. The van der Waals surface area contributed by atoms with Crippen LogP contribution in [0.5, 0.6) is 0 Å². The molecule has 0 amide bonds. The van der Waals surface area contributed by atoms with Gasteiger partial charge in [-0.1, -0.05) is 17.7 Å². The van der Waals surface area contributed by atoms with E-state index in [0.29, 0.717) is 37.3 Å². The van der Waals surface area contributed by atoms with Crippen LogP contribution in [-0.2, 0) is 19.6 Å². The molecular formula is C17H24ClNO4S. The SMILES string of the molecule is CCOC(=O)C1(C)CCC(NS(=O)(=O)c2ccc(C)c(Cl)c2)CC1. The molecule has 24 heavy (non-hydrogen) atoms. The maximum atomic E-state index is 12.5.